The third-order valence-electron chi connectivity index (χ3n) is 4.25. The first-order valence-corrected chi connectivity index (χ1v) is 8.35. The molecule has 2 heterocycles. The topological polar surface area (TPSA) is 80.5 Å². The number of ether oxygens (including phenoxy) is 1. The van der Waals surface area contributed by atoms with Gasteiger partial charge in [0.05, 0.1) is 29.8 Å². The van der Waals surface area contributed by atoms with E-state index in [1.165, 1.54) is 12.1 Å². The molecule has 1 aliphatic rings. The number of anilines is 1. The molecule has 8 heteroatoms. The van der Waals surface area contributed by atoms with E-state index in [0.717, 1.165) is 36.4 Å². The number of nitro groups is 1. The van der Waals surface area contributed by atoms with Crippen LogP contribution in [0.1, 0.15) is 6.42 Å². The lowest BCUT2D eigenvalue weighted by Crippen LogP contribution is -2.53. The minimum atomic E-state index is -0.408. The highest BCUT2D eigenvalue weighted by Crippen LogP contribution is 2.24. The van der Waals surface area contributed by atoms with Crippen molar-refractivity contribution in [1.82, 2.24) is 10.3 Å². The van der Waals surface area contributed by atoms with Gasteiger partial charge in [0.15, 0.2) is 0 Å². The summed E-state index contributed by atoms with van der Waals surface area (Å²) in [4.78, 5) is 17.3. The summed E-state index contributed by atoms with van der Waals surface area (Å²) < 4.78 is 17.7. The normalized spacial score (nSPS) is 17.8. The third kappa shape index (κ3) is 4.21. The Morgan fingerprint density at radius 2 is 2.28 bits per heavy atom. The molecule has 1 aliphatic heterocycles. The number of halogens is 1. The Balaban J connectivity index is 1.78. The molecule has 0 spiro atoms. The molecule has 0 radical (unpaired) electrons. The standard InChI is InChI=1S/C17H21FN4O3/c18-6-1-9-25-12-15-11-19-7-8-21(15)17-5-2-13-10-14(22(23)24)3-4-16(13)20-17/h2-5,10,15,19H,1,6-9,11-12H2. The molecule has 1 atom stereocenters. The smallest absolute Gasteiger partial charge is 0.270 e. The van der Waals surface area contributed by atoms with E-state index in [0.29, 0.717) is 19.6 Å². The molecule has 1 aromatic heterocycles. The molecule has 7 nitrogen and oxygen atoms in total. The zero-order chi connectivity index (χ0) is 17.6. The van der Waals surface area contributed by atoms with Gasteiger partial charge in [0.1, 0.15) is 5.82 Å². The van der Waals surface area contributed by atoms with E-state index in [2.05, 4.69) is 15.2 Å². The van der Waals surface area contributed by atoms with Crippen LogP contribution in [-0.2, 0) is 4.74 Å². The number of pyridine rings is 1. The number of piperazine rings is 1. The summed E-state index contributed by atoms with van der Waals surface area (Å²) in [6.07, 6.45) is 0.410. The van der Waals surface area contributed by atoms with Gasteiger partial charge >= 0.3 is 0 Å². The second kappa shape index (κ2) is 8.17. The number of rotatable bonds is 7. The van der Waals surface area contributed by atoms with Crippen LogP contribution in [0.5, 0.6) is 0 Å². The molecule has 25 heavy (non-hydrogen) atoms. The molecular weight excluding hydrogens is 327 g/mol. The summed E-state index contributed by atoms with van der Waals surface area (Å²) in [5.41, 5.74) is 0.780. The molecule has 1 aromatic carbocycles. The van der Waals surface area contributed by atoms with Crippen LogP contribution < -0.4 is 10.2 Å². The highest BCUT2D eigenvalue weighted by Gasteiger charge is 2.23. The predicted molar refractivity (Wildman–Crippen MR) is 93.8 cm³/mol. The molecule has 1 unspecified atom stereocenters. The van der Waals surface area contributed by atoms with Crippen molar-refractivity contribution in [2.24, 2.45) is 0 Å². The first kappa shape index (κ1) is 17.5. The van der Waals surface area contributed by atoms with E-state index >= 15 is 0 Å². The molecule has 0 amide bonds. The Hall–Kier alpha value is -2.32. The molecule has 3 rings (SSSR count). The summed E-state index contributed by atoms with van der Waals surface area (Å²) in [6, 6.07) is 8.53. The van der Waals surface area contributed by atoms with E-state index in [1.807, 2.05) is 12.1 Å². The number of aromatic nitrogens is 1. The van der Waals surface area contributed by atoms with E-state index in [9.17, 15) is 14.5 Å². The number of nitrogens with one attached hydrogen (secondary N) is 1. The Labute approximate surface area is 144 Å². The summed E-state index contributed by atoms with van der Waals surface area (Å²) in [5, 5.41) is 15.0. The van der Waals surface area contributed by atoms with Crippen LogP contribution in [0.3, 0.4) is 0 Å². The van der Waals surface area contributed by atoms with Crippen LogP contribution in [0, 0.1) is 10.1 Å². The van der Waals surface area contributed by atoms with Crippen molar-refractivity contribution in [1.29, 1.82) is 0 Å². The number of nitro benzene ring substituents is 1. The van der Waals surface area contributed by atoms with E-state index in [4.69, 9.17) is 4.74 Å². The zero-order valence-electron chi connectivity index (χ0n) is 13.9. The maximum absolute atomic E-state index is 12.2. The van der Waals surface area contributed by atoms with Crippen molar-refractivity contribution in [3.63, 3.8) is 0 Å². The second-order valence-corrected chi connectivity index (χ2v) is 5.97. The molecule has 0 aliphatic carbocycles. The average Bonchev–Trinajstić information content (AvgIpc) is 2.64. The van der Waals surface area contributed by atoms with Crippen LogP contribution in [0.2, 0.25) is 0 Å². The lowest BCUT2D eigenvalue weighted by atomic mass is 10.1. The maximum Gasteiger partial charge on any atom is 0.270 e. The van der Waals surface area contributed by atoms with Gasteiger partial charge < -0.3 is 15.0 Å². The Kier molecular flexibility index (Phi) is 5.72. The first-order chi connectivity index (χ1) is 12.2. The Morgan fingerprint density at radius 1 is 1.40 bits per heavy atom. The summed E-state index contributed by atoms with van der Waals surface area (Å²) in [5.74, 6) is 0.821. The molecule has 134 valence electrons. The quantitative estimate of drug-likeness (QED) is 0.470. The number of benzene rings is 1. The van der Waals surface area contributed by atoms with Gasteiger partial charge in [0.2, 0.25) is 0 Å². The number of nitrogens with zero attached hydrogens (tertiary/aromatic N) is 3. The first-order valence-electron chi connectivity index (χ1n) is 8.35. The fourth-order valence-electron chi connectivity index (χ4n) is 2.96. The summed E-state index contributed by atoms with van der Waals surface area (Å²) in [7, 11) is 0. The van der Waals surface area contributed by atoms with Gasteiger partial charge in [0.25, 0.3) is 5.69 Å². The molecular formula is C17H21FN4O3. The van der Waals surface area contributed by atoms with Crippen molar-refractivity contribution in [2.45, 2.75) is 12.5 Å². The Bertz CT molecular complexity index is 743. The fourth-order valence-corrected chi connectivity index (χ4v) is 2.96. The van der Waals surface area contributed by atoms with E-state index in [-0.39, 0.29) is 18.4 Å². The van der Waals surface area contributed by atoms with Crippen LogP contribution in [0.25, 0.3) is 10.9 Å². The van der Waals surface area contributed by atoms with Crippen molar-refractivity contribution >= 4 is 22.4 Å². The zero-order valence-corrected chi connectivity index (χ0v) is 13.9. The average molecular weight is 348 g/mol. The van der Waals surface area contributed by atoms with Gasteiger partial charge in [-0.05, 0) is 24.6 Å². The van der Waals surface area contributed by atoms with Gasteiger partial charge in [-0.1, -0.05) is 0 Å². The number of alkyl halides is 1. The predicted octanol–water partition coefficient (Wildman–Crippen LogP) is 2.30. The highest BCUT2D eigenvalue weighted by atomic mass is 19.1. The van der Waals surface area contributed by atoms with Crippen LogP contribution >= 0.6 is 0 Å². The molecule has 0 bridgehead atoms. The van der Waals surface area contributed by atoms with E-state index in [1.54, 1.807) is 6.07 Å². The third-order valence-corrected chi connectivity index (χ3v) is 4.25. The molecule has 1 fully saturated rings. The number of fused-ring (bicyclic) bond motifs is 1. The monoisotopic (exact) mass is 348 g/mol. The SMILES string of the molecule is O=[N+]([O-])c1ccc2nc(N3CCNCC3COCCCF)ccc2c1. The minimum absolute atomic E-state index is 0.0587. The molecule has 2 aromatic rings. The van der Waals surface area contributed by atoms with Crippen LogP contribution in [-0.4, -0.2) is 55.5 Å². The molecule has 1 saturated heterocycles. The largest absolute Gasteiger partial charge is 0.379 e. The Morgan fingerprint density at radius 3 is 3.08 bits per heavy atom. The van der Waals surface area contributed by atoms with Gasteiger partial charge in [-0.25, -0.2) is 4.98 Å². The molecule has 1 N–H and O–H groups in total. The number of non-ortho nitro benzene ring substituents is 1. The van der Waals surface area contributed by atoms with Crippen LogP contribution in [0.4, 0.5) is 15.9 Å². The van der Waals surface area contributed by atoms with Gasteiger partial charge in [-0.2, -0.15) is 0 Å². The van der Waals surface area contributed by atoms with Crippen LogP contribution in [0.15, 0.2) is 30.3 Å². The van der Waals surface area contributed by atoms with Crippen molar-refractivity contribution in [2.75, 3.05) is 44.4 Å². The molecule has 0 saturated carbocycles. The highest BCUT2D eigenvalue weighted by molar-refractivity contribution is 5.82. The summed E-state index contributed by atoms with van der Waals surface area (Å²) >= 11 is 0. The lowest BCUT2D eigenvalue weighted by Gasteiger charge is -2.37. The maximum atomic E-state index is 12.2. The van der Waals surface area contributed by atoms with Crippen molar-refractivity contribution in [3.05, 3.63) is 40.4 Å². The van der Waals surface area contributed by atoms with Gasteiger partial charge in [-0.15, -0.1) is 0 Å². The van der Waals surface area contributed by atoms with Crippen molar-refractivity contribution < 1.29 is 14.1 Å². The minimum Gasteiger partial charge on any atom is -0.379 e. The number of hydrogen-bond acceptors (Lipinski definition) is 6. The van der Waals surface area contributed by atoms with Gasteiger partial charge in [0, 0.05) is 43.8 Å². The van der Waals surface area contributed by atoms with Gasteiger partial charge in [-0.3, -0.25) is 14.5 Å². The second-order valence-electron chi connectivity index (χ2n) is 5.97. The number of hydrogen-bond donors (Lipinski definition) is 1. The lowest BCUT2D eigenvalue weighted by molar-refractivity contribution is -0.384. The van der Waals surface area contributed by atoms with E-state index < -0.39 is 4.92 Å². The summed E-state index contributed by atoms with van der Waals surface area (Å²) in [6.45, 7) is 2.97. The fraction of sp³-hybridized carbons (Fsp3) is 0.471. The van der Waals surface area contributed by atoms with Crippen molar-refractivity contribution in [3.8, 4) is 0 Å².